The number of benzene rings is 1. The van der Waals surface area contributed by atoms with E-state index in [1.54, 1.807) is 0 Å². The zero-order valence-corrected chi connectivity index (χ0v) is 9.44. The Kier molecular flexibility index (Phi) is 3.03. The number of nitrogens with two attached hydrogens (primary N) is 1. The van der Waals surface area contributed by atoms with Crippen LogP contribution in [0, 0.1) is 0 Å². The largest absolute Gasteiger partial charge is 0.399 e. The Morgan fingerprint density at radius 2 is 2.19 bits per heavy atom. The van der Waals surface area contributed by atoms with E-state index in [2.05, 4.69) is 5.32 Å². The van der Waals surface area contributed by atoms with Crippen LogP contribution in [-0.2, 0) is 4.74 Å². The summed E-state index contributed by atoms with van der Waals surface area (Å²) < 4.78 is 5.37. The SMILES string of the molecule is CC1OCCC1(O)CNc1ccc(N)cc1. The van der Waals surface area contributed by atoms with Crippen molar-refractivity contribution in [1.29, 1.82) is 0 Å². The van der Waals surface area contributed by atoms with Gasteiger partial charge in [-0.15, -0.1) is 0 Å². The molecule has 2 rings (SSSR count). The number of hydrogen-bond donors (Lipinski definition) is 3. The molecule has 0 aliphatic carbocycles. The number of anilines is 2. The predicted molar refractivity (Wildman–Crippen MR) is 64.3 cm³/mol. The molecule has 0 spiro atoms. The lowest BCUT2D eigenvalue weighted by atomic mass is 9.96. The first-order valence-electron chi connectivity index (χ1n) is 5.53. The molecule has 1 saturated heterocycles. The maximum absolute atomic E-state index is 10.3. The number of nitrogen functional groups attached to an aromatic ring is 1. The molecule has 16 heavy (non-hydrogen) atoms. The van der Waals surface area contributed by atoms with E-state index in [1.807, 2.05) is 31.2 Å². The number of rotatable bonds is 3. The lowest BCUT2D eigenvalue weighted by Crippen LogP contribution is -2.43. The fourth-order valence-electron chi connectivity index (χ4n) is 1.86. The molecular formula is C12H18N2O2. The molecule has 4 nitrogen and oxygen atoms in total. The molecule has 4 N–H and O–H groups in total. The molecular weight excluding hydrogens is 204 g/mol. The summed E-state index contributed by atoms with van der Waals surface area (Å²) in [5.74, 6) is 0. The van der Waals surface area contributed by atoms with Gasteiger partial charge < -0.3 is 20.9 Å². The third-order valence-corrected chi connectivity index (χ3v) is 3.17. The fraction of sp³-hybridized carbons (Fsp3) is 0.500. The van der Waals surface area contributed by atoms with Crippen molar-refractivity contribution < 1.29 is 9.84 Å². The van der Waals surface area contributed by atoms with Gasteiger partial charge in [-0.3, -0.25) is 0 Å². The number of nitrogens with one attached hydrogen (secondary N) is 1. The van der Waals surface area contributed by atoms with Crippen LogP contribution in [-0.4, -0.2) is 30.0 Å². The number of aliphatic hydroxyl groups is 1. The zero-order valence-electron chi connectivity index (χ0n) is 9.44. The van der Waals surface area contributed by atoms with Crippen molar-refractivity contribution in [3.8, 4) is 0 Å². The summed E-state index contributed by atoms with van der Waals surface area (Å²) in [6.45, 7) is 3.02. The maximum Gasteiger partial charge on any atom is 0.110 e. The summed E-state index contributed by atoms with van der Waals surface area (Å²) in [6.07, 6.45) is 0.560. The first kappa shape index (κ1) is 11.2. The minimum absolute atomic E-state index is 0.117. The predicted octanol–water partition coefficient (Wildman–Crippen LogP) is 1.22. The van der Waals surface area contributed by atoms with Crippen LogP contribution in [0.3, 0.4) is 0 Å². The second kappa shape index (κ2) is 4.31. The zero-order chi connectivity index (χ0) is 11.6. The Bertz CT molecular complexity index is 353. The van der Waals surface area contributed by atoms with Crippen molar-refractivity contribution in [2.75, 3.05) is 24.2 Å². The van der Waals surface area contributed by atoms with Gasteiger partial charge in [0, 0.05) is 30.9 Å². The van der Waals surface area contributed by atoms with Crippen molar-refractivity contribution in [3.63, 3.8) is 0 Å². The van der Waals surface area contributed by atoms with Crippen LogP contribution in [0.25, 0.3) is 0 Å². The lowest BCUT2D eigenvalue weighted by Gasteiger charge is -2.26. The molecule has 0 saturated carbocycles. The van der Waals surface area contributed by atoms with E-state index in [9.17, 15) is 5.11 Å². The monoisotopic (exact) mass is 222 g/mol. The molecule has 0 aromatic heterocycles. The van der Waals surface area contributed by atoms with Crippen molar-refractivity contribution in [1.82, 2.24) is 0 Å². The van der Waals surface area contributed by atoms with Crippen LogP contribution in [0.4, 0.5) is 11.4 Å². The highest BCUT2D eigenvalue weighted by Gasteiger charge is 2.39. The van der Waals surface area contributed by atoms with Gasteiger partial charge in [0.05, 0.1) is 6.10 Å². The smallest absolute Gasteiger partial charge is 0.110 e. The molecule has 0 radical (unpaired) electrons. The van der Waals surface area contributed by atoms with Gasteiger partial charge in [0.2, 0.25) is 0 Å². The van der Waals surface area contributed by atoms with Gasteiger partial charge >= 0.3 is 0 Å². The highest BCUT2D eigenvalue weighted by atomic mass is 16.5. The Labute approximate surface area is 95.4 Å². The van der Waals surface area contributed by atoms with Gasteiger partial charge in [0.1, 0.15) is 5.60 Å². The Morgan fingerprint density at radius 1 is 1.50 bits per heavy atom. The molecule has 1 fully saturated rings. The highest BCUT2D eigenvalue weighted by molar-refractivity contribution is 5.51. The van der Waals surface area contributed by atoms with Gasteiger partial charge in [0.25, 0.3) is 0 Å². The summed E-state index contributed by atoms with van der Waals surface area (Å²) in [7, 11) is 0. The van der Waals surface area contributed by atoms with E-state index >= 15 is 0 Å². The summed E-state index contributed by atoms with van der Waals surface area (Å²) in [5, 5.41) is 13.5. The second-order valence-corrected chi connectivity index (χ2v) is 4.34. The molecule has 0 bridgehead atoms. The minimum Gasteiger partial charge on any atom is -0.399 e. The van der Waals surface area contributed by atoms with Crippen molar-refractivity contribution in [2.24, 2.45) is 0 Å². The van der Waals surface area contributed by atoms with Gasteiger partial charge in [-0.05, 0) is 31.2 Å². The standard InChI is InChI=1S/C12H18N2O2/c1-9-12(15,6-7-16-9)8-14-11-4-2-10(13)3-5-11/h2-5,9,14-15H,6-8,13H2,1H3. The van der Waals surface area contributed by atoms with Gasteiger partial charge in [-0.1, -0.05) is 0 Å². The minimum atomic E-state index is -0.763. The third kappa shape index (κ3) is 2.28. The second-order valence-electron chi connectivity index (χ2n) is 4.34. The molecule has 1 heterocycles. The average molecular weight is 222 g/mol. The first-order chi connectivity index (χ1) is 7.60. The van der Waals surface area contributed by atoms with Gasteiger partial charge in [-0.2, -0.15) is 0 Å². The van der Waals surface area contributed by atoms with E-state index in [0.717, 1.165) is 11.4 Å². The Hall–Kier alpha value is -1.26. The first-order valence-corrected chi connectivity index (χ1v) is 5.53. The van der Waals surface area contributed by atoms with Crippen molar-refractivity contribution in [2.45, 2.75) is 25.0 Å². The Morgan fingerprint density at radius 3 is 2.75 bits per heavy atom. The van der Waals surface area contributed by atoms with Gasteiger partial charge in [0.15, 0.2) is 0 Å². The summed E-state index contributed by atoms with van der Waals surface area (Å²) >= 11 is 0. The Balaban J connectivity index is 1.94. The van der Waals surface area contributed by atoms with E-state index < -0.39 is 5.60 Å². The van der Waals surface area contributed by atoms with Crippen molar-refractivity contribution in [3.05, 3.63) is 24.3 Å². The number of ether oxygens (including phenoxy) is 1. The molecule has 2 unspecified atom stereocenters. The number of hydrogen-bond acceptors (Lipinski definition) is 4. The van der Waals surface area contributed by atoms with Crippen molar-refractivity contribution >= 4 is 11.4 Å². The molecule has 1 aliphatic rings. The summed E-state index contributed by atoms with van der Waals surface area (Å²) in [4.78, 5) is 0. The molecule has 0 amide bonds. The van der Waals surface area contributed by atoms with Crippen LogP contribution in [0.15, 0.2) is 24.3 Å². The van der Waals surface area contributed by atoms with Crippen LogP contribution >= 0.6 is 0 Å². The molecule has 4 heteroatoms. The summed E-state index contributed by atoms with van der Waals surface area (Å²) in [5.41, 5.74) is 6.53. The molecule has 88 valence electrons. The van der Waals surface area contributed by atoms with E-state index in [0.29, 0.717) is 19.6 Å². The highest BCUT2D eigenvalue weighted by Crippen LogP contribution is 2.26. The summed E-state index contributed by atoms with van der Waals surface area (Å²) in [6, 6.07) is 7.47. The maximum atomic E-state index is 10.3. The normalized spacial score (nSPS) is 29.2. The third-order valence-electron chi connectivity index (χ3n) is 3.17. The van der Waals surface area contributed by atoms with E-state index in [-0.39, 0.29) is 6.10 Å². The van der Waals surface area contributed by atoms with Crippen LogP contribution in [0.5, 0.6) is 0 Å². The topological polar surface area (TPSA) is 67.5 Å². The van der Waals surface area contributed by atoms with Gasteiger partial charge in [-0.25, -0.2) is 0 Å². The van der Waals surface area contributed by atoms with Crippen LogP contribution in [0.1, 0.15) is 13.3 Å². The molecule has 1 aromatic carbocycles. The lowest BCUT2D eigenvalue weighted by molar-refractivity contribution is -0.0175. The van der Waals surface area contributed by atoms with Crippen LogP contribution in [0.2, 0.25) is 0 Å². The molecule has 1 aromatic rings. The van der Waals surface area contributed by atoms with E-state index in [4.69, 9.17) is 10.5 Å². The quantitative estimate of drug-likeness (QED) is 0.673. The molecule has 2 atom stereocenters. The van der Waals surface area contributed by atoms with Crippen LogP contribution < -0.4 is 11.1 Å². The van der Waals surface area contributed by atoms with E-state index in [1.165, 1.54) is 0 Å². The molecule has 1 aliphatic heterocycles. The fourth-order valence-corrected chi connectivity index (χ4v) is 1.86. The average Bonchev–Trinajstić information content (AvgIpc) is 2.59.